The van der Waals surface area contributed by atoms with Gasteiger partial charge in [-0.25, -0.2) is 13.8 Å². The number of rotatable bonds is 4. The molecule has 0 saturated heterocycles. The second-order valence-electron chi connectivity index (χ2n) is 5.56. The Morgan fingerprint density at radius 2 is 1.50 bits per heavy atom. The third-order valence-corrected chi connectivity index (χ3v) is 3.91. The Kier molecular flexibility index (Phi) is 4.23. The number of nitrogens with zero attached hydrogens (tertiary/aromatic N) is 3. The van der Waals surface area contributed by atoms with Crippen LogP contribution in [-0.4, -0.2) is 15.0 Å². The number of fused-ring (bicyclic) bond motifs is 1. The van der Waals surface area contributed by atoms with E-state index in [9.17, 15) is 8.78 Å². The van der Waals surface area contributed by atoms with Crippen LogP contribution in [0.15, 0.2) is 73.2 Å². The molecule has 0 N–H and O–H groups in total. The highest BCUT2D eigenvalue weighted by atomic mass is 19.3. The summed E-state index contributed by atoms with van der Waals surface area (Å²) in [5, 5.41) is 0. The van der Waals surface area contributed by atoms with Crippen molar-refractivity contribution in [1.82, 2.24) is 15.0 Å². The Bertz CT molecular complexity index is 1050. The zero-order valence-corrected chi connectivity index (χ0v) is 13.5. The smallest absolute Gasteiger partial charge is 0.263 e. The van der Waals surface area contributed by atoms with Crippen molar-refractivity contribution in [2.75, 3.05) is 0 Å². The maximum atomic E-state index is 12.7. The van der Waals surface area contributed by atoms with Gasteiger partial charge in [0.25, 0.3) is 6.43 Å². The van der Waals surface area contributed by atoms with Crippen LogP contribution in [0.1, 0.15) is 12.0 Å². The van der Waals surface area contributed by atoms with Gasteiger partial charge in [-0.05, 0) is 42.5 Å². The van der Waals surface area contributed by atoms with E-state index in [2.05, 4.69) is 15.0 Å². The van der Waals surface area contributed by atoms with Gasteiger partial charge in [0.2, 0.25) is 5.88 Å². The fourth-order valence-corrected chi connectivity index (χ4v) is 2.68. The third kappa shape index (κ3) is 3.09. The van der Waals surface area contributed by atoms with Gasteiger partial charge in [0, 0.05) is 35.3 Å². The molecule has 128 valence electrons. The number of hydrogen-bond donors (Lipinski definition) is 0. The van der Waals surface area contributed by atoms with Crippen molar-refractivity contribution in [3.8, 4) is 22.8 Å². The van der Waals surface area contributed by atoms with Crippen LogP contribution >= 0.6 is 0 Å². The number of alkyl halides is 2. The number of aromatic nitrogens is 3. The molecule has 0 fully saturated rings. The molecule has 0 spiro atoms. The Balaban J connectivity index is 1.75. The van der Waals surface area contributed by atoms with Crippen molar-refractivity contribution in [3.05, 3.63) is 78.8 Å². The van der Waals surface area contributed by atoms with Crippen molar-refractivity contribution in [2.45, 2.75) is 6.43 Å². The lowest BCUT2D eigenvalue weighted by atomic mass is 10.1. The van der Waals surface area contributed by atoms with Crippen LogP contribution in [0.4, 0.5) is 8.78 Å². The minimum absolute atomic E-state index is 0.0528. The highest BCUT2D eigenvalue weighted by Crippen LogP contribution is 2.34. The first-order valence-corrected chi connectivity index (χ1v) is 7.93. The van der Waals surface area contributed by atoms with Crippen molar-refractivity contribution in [3.63, 3.8) is 0 Å². The molecular weight excluding hydrogens is 336 g/mol. The summed E-state index contributed by atoms with van der Waals surface area (Å²) in [6.07, 6.45) is 2.37. The van der Waals surface area contributed by atoms with Crippen LogP contribution < -0.4 is 4.74 Å². The van der Waals surface area contributed by atoms with Crippen molar-refractivity contribution >= 4 is 11.0 Å². The van der Waals surface area contributed by atoms with Crippen LogP contribution in [0.5, 0.6) is 11.6 Å². The highest BCUT2D eigenvalue weighted by molar-refractivity contribution is 5.92. The van der Waals surface area contributed by atoms with E-state index >= 15 is 0 Å². The quantitative estimate of drug-likeness (QED) is 0.493. The molecule has 2 heterocycles. The summed E-state index contributed by atoms with van der Waals surface area (Å²) in [5.74, 6) is 0.802. The van der Waals surface area contributed by atoms with E-state index in [0.717, 1.165) is 22.2 Å². The molecular formula is C20H13F2N3O. The molecule has 0 aliphatic rings. The lowest BCUT2D eigenvalue weighted by Crippen LogP contribution is -1.94. The van der Waals surface area contributed by atoms with Crippen molar-refractivity contribution in [1.29, 1.82) is 0 Å². The molecule has 0 unspecified atom stereocenters. The first-order valence-electron chi connectivity index (χ1n) is 7.93. The van der Waals surface area contributed by atoms with Gasteiger partial charge in [-0.3, -0.25) is 9.97 Å². The van der Waals surface area contributed by atoms with Gasteiger partial charge < -0.3 is 4.74 Å². The predicted octanol–water partition coefficient (Wildman–Crippen LogP) is 5.42. The Hall–Kier alpha value is -3.41. The molecule has 4 aromatic rings. The first-order chi connectivity index (χ1) is 12.7. The summed E-state index contributed by atoms with van der Waals surface area (Å²) in [5.41, 5.74) is 3.03. The molecule has 6 heteroatoms. The largest absolute Gasteiger partial charge is 0.438 e. The number of hydrogen-bond acceptors (Lipinski definition) is 4. The summed E-state index contributed by atoms with van der Waals surface area (Å²) >= 11 is 0. The van der Waals surface area contributed by atoms with E-state index in [4.69, 9.17) is 4.74 Å². The number of para-hydroxylation sites is 1. The fraction of sp³-hybridized carbons (Fsp3) is 0.0500. The number of benzene rings is 2. The lowest BCUT2D eigenvalue weighted by molar-refractivity contribution is 0.151. The average Bonchev–Trinajstić information content (AvgIpc) is 2.68. The molecule has 2 aromatic carbocycles. The Labute approximate surface area is 148 Å². The number of halogens is 2. The molecule has 0 radical (unpaired) electrons. The summed E-state index contributed by atoms with van der Waals surface area (Å²) in [6.45, 7) is 0. The molecule has 0 atom stereocenters. The molecule has 0 saturated carbocycles. The molecule has 4 nitrogen and oxygen atoms in total. The molecule has 2 aromatic heterocycles. The van der Waals surface area contributed by atoms with E-state index in [1.54, 1.807) is 24.7 Å². The van der Waals surface area contributed by atoms with Crippen LogP contribution in [-0.2, 0) is 0 Å². The average molecular weight is 349 g/mol. The van der Waals surface area contributed by atoms with E-state index in [0.29, 0.717) is 11.6 Å². The molecule has 0 aliphatic carbocycles. The van der Waals surface area contributed by atoms with Gasteiger partial charge in [0.1, 0.15) is 5.75 Å². The van der Waals surface area contributed by atoms with Gasteiger partial charge in [-0.2, -0.15) is 0 Å². The van der Waals surface area contributed by atoms with E-state index in [-0.39, 0.29) is 5.56 Å². The Morgan fingerprint density at radius 3 is 2.31 bits per heavy atom. The maximum absolute atomic E-state index is 12.7. The summed E-state index contributed by atoms with van der Waals surface area (Å²) < 4.78 is 31.2. The number of ether oxygens (including phenoxy) is 1. The minimum Gasteiger partial charge on any atom is -0.438 e. The summed E-state index contributed by atoms with van der Waals surface area (Å²) in [6, 6.07) is 15.0. The minimum atomic E-state index is -2.51. The summed E-state index contributed by atoms with van der Waals surface area (Å²) in [7, 11) is 0. The second-order valence-corrected chi connectivity index (χ2v) is 5.56. The zero-order valence-electron chi connectivity index (χ0n) is 13.5. The van der Waals surface area contributed by atoms with Gasteiger partial charge >= 0.3 is 0 Å². The second kappa shape index (κ2) is 6.84. The van der Waals surface area contributed by atoms with Gasteiger partial charge in [0.05, 0.1) is 11.0 Å². The topological polar surface area (TPSA) is 47.9 Å². The van der Waals surface area contributed by atoms with Crippen LogP contribution in [0.2, 0.25) is 0 Å². The van der Waals surface area contributed by atoms with Crippen molar-refractivity contribution < 1.29 is 13.5 Å². The monoisotopic (exact) mass is 349 g/mol. The maximum Gasteiger partial charge on any atom is 0.263 e. The molecule has 26 heavy (non-hydrogen) atoms. The lowest BCUT2D eigenvalue weighted by Gasteiger charge is -2.11. The van der Waals surface area contributed by atoms with E-state index in [1.807, 2.05) is 24.3 Å². The standard InChI is InChI=1S/C20H13F2N3O/c21-19(22)13-6-8-14(9-7-13)26-20-16(4-2-10-25-20)15-3-1-5-17-18(15)24-12-11-23-17/h1-12,19H. The van der Waals surface area contributed by atoms with Crippen LogP contribution in [0.3, 0.4) is 0 Å². The molecule has 0 aliphatic heterocycles. The third-order valence-electron chi connectivity index (χ3n) is 3.91. The van der Waals surface area contributed by atoms with Crippen LogP contribution in [0, 0.1) is 0 Å². The normalized spacial score (nSPS) is 11.0. The van der Waals surface area contributed by atoms with Gasteiger partial charge in [-0.15, -0.1) is 0 Å². The van der Waals surface area contributed by atoms with E-state index in [1.165, 1.54) is 24.3 Å². The predicted molar refractivity (Wildman–Crippen MR) is 94.2 cm³/mol. The SMILES string of the molecule is FC(F)c1ccc(Oc2ncccc2-c2cccc3nccnc23)cc1. The van der Waals surface area contributed by atoms with Crippen molar-refractivity contribution in [2.24, 2.45) is 0 Å². The highest BCUT2D eigenvalue weighted by Gasteiger charge is 2.13. The Morgan fingerprint density at radius 1 is 0.731 bits per heavy atom. The molecule has 0 bridgehead atoms. The van der Waals surface area contributed by atoms with Gasteiger partial charge in [-0.1, -0.05) is 12.1 Å². The molecule has 4 rings (SSSR count). The first kappa shape index (κ1) is 16.1. The fourth-order valence-electron chi connectivity index (χ4n) is 2.68. The molecule has 0 amide bonds. The van der Waals surface area contributed by atoms with Gasteiger partial charge in [0.15, 0.2) is 0 Å². The summed E-state index contributed by atoms with van der Waals surface area (Å²) in [4.78, 5) is 13.0. The number of pyridine rings is 1. The van der Waals surface area contributed by atoms with Crippen LogP contribution in [0.25, 0.3) is 22.2 Å². The van der Waals surface area contributed by atoms with E-state index < -0.39 is 6.43 Å². The zero-order chi connectivity index (χ0) is 17.9.